The topological polar surface area (TPSA) is 156 Å². The van der Waals surface area contributed by atoms with E-state index in [0.29, 0.717) is 43.5 Å². The lowest BCUT2D eigenvalue weighted by molar-refractivity contribution is -0.148. The van der Waals surface area contributed by atoms with Crippen LogP contribution < -0.4 is 5.32 Å². The van der Waals surface area contributed by atoms with E-state index in [-0.39, 0.29) is 34.0 Å². The van der Waals surface area contributed by atoms with Crippen LogP contribution in [-0.4, -0.2) is 78.5 Å². The minimum absolute atomic E-state index is 0.0840. The molecule has 3 aliphatic heterocycles. The van der Waals surface area contributed by atoms with Crippen molar-refractivity contribution in [2.24, 2.45) is 0 Å². The average Bonchev–Trinajstić information content (AvgIpc) is 3.68. The van der Waals surface area contributed by atoms with Crippen molar-refractivity contribution < 1.29 is 37.5 Å². The van der Waals surface area contributed by atoms with Gasteiger partial charge in [0.05, 0.1) is 21.8 Å². The number of H-pyrrole nitrogens is 1. The van der Waals surface area contributed by atoms with Gasteiger partial charge in [0.25, 0.3) is 5.91 Å². The quantitative estimate of drug-likeness (QED) is 0.226. The van der Waals surface area contributed by atoms with E-state index in [1.54, 1.807) is 9.80 Å². The van der Waals surface area contributed by atoms with Crippen LogP contribution >= 0.6 is 18.9 Å². The van der Waals surface area contributed by atoms with Crippen LogP contribution in [0.2, 0.25) is 0 Å². The standard InChI is InChI=1S/C30H30F2N5O6PS/c31-30(32,44(41,42)43)18-8-11-24-16(12-18)13-25(45-24)27(38)35-22-7-3-4-19-9-10-23(37(19)28(22)39)29(40)36-14-17(15-36)26-33-20-5-1-2-6-21(20)34-26/h1-2,5-6,8,11-13,17,19,22-23H,3-4,7,9-10,14-15H2,(H,33,34)(H,35,38)(H2,41,42,43)/t19-,22?,23-/m0/s1. The number of hydrogen-bond donors (Lipinski definition) is 4. The zero-order valence-corrected chi connectivity index (χ0v) is 25.6. The van der Waals surface area contributed by atoms with Crippen LogP contribution in [0.25, 0.3) is 21.1 Å². The molecule has 2 aromatic heterocycles. The van der Waals surface area contributed by atoms with Crippen molar-refractivity contribution in [3.63, 3.8) is 0 Å². The molecule has 45 heavy (non-hydrogen) atoms. The third-order valence-corrected chi connectivity index (χ3v) is 11.2. The largest absolute Gasteiger partial charge is 0.399 e. The van der Waals surface area contributed by atoms with Gasteiger partial charge < -0.3 is 29.9 Å². The maximum atomic E-state index is 14.2. The van der Waals surface area contributed by atoms with Crippen LogP contribution in [0.5, 0.6) is 0 Å². The molecule has 2 aromatic carbocycles. The highest BCUT2D eigenvalue weighted by Crippen LogP contribution is 2.59. The fourth-order valence-electron chi connectivity index (χ4n) is 6.69. The second kappa shape index (κ2) is 11.0. The fraction of sp³-hybridized carbons (Fsp3) is 0.400. The third-order valence-electron chi connectivity index (χ3n) is 9.12. The molecule has 5 heterocycles. The van der Waals surface area contributed by atoms with E-state index >= 15 is 0 Å². The summed E-state index contributed by atoms with van der Waals surface area (Å²) >= 11 is 1.02. The minimum atomic E-state index is -5.75. The van der Waals surface area contributed by atoms with E-state index in [2.05, 4.69) is 15.3 Å². The molecule has 3 saturated heterocycles. The number of likely N-dealkylation sites (tertiary alicyclic amines) is 1. The molecule has 0 radical (unpaired) electrons. The zero-order chi connectivity index (χ0) is 31.7. The number of nitrogens with zero attached hydrogens (tertiary/aromatic N) is 3. The Kier molecular flexibility index (Phi) is 7.31. The van der Waals surface area contributed by atoms with Gasteiger partial charge >= 0.3 is 13.3 Å². The van der Waals surface area contributed by atoms with E-state index in [1.165, 1.54) is 12.1 Å². The Morgan fingerprint density at radius 3 is 2.60 bits per heavy atom. The molecule has 7 rings (SSSR count). The van der Waals surface area contributed by atoms with Gasteiger partial charge in [-0.1, -0.05) is 18.2 Å². The first-order chi connectivity index (χ1) is 21.4. The number of amides is 3. The van der Waals surface area contributed by atoms with Gasteiger partial charge in [-0.15, -0.1) is 11.3 Å². The van der Waals surface area contributed by atoms with Crippen molar-refractivity contribution in [1.29, 1.82) is 0 Å². The smallest absolute Gasteiger partial charge is 0.342 e. The summed E-state index contributed by atoms with van der Waals surface area (Å²) in [5.41, 5.74) is -3.40. The molecule has 0 saturated carbocycles. The van der Waals surface area contributed by atoms with Crippen LogP contribution in [0.15, 0.2) is 48.5 Å². The highest BCUT2D eigenvalue weighted by Gasteiger charge is 2.51. The van der Waals surface area contributed by atoms with E-state index < -0.39 is 36.8 Å². The van der Waals surface area contributed by atoms with Gasteiger partial charge in [-0.05, 0) is 67.8 Å². The molecule has 3 aliphatic rings. The first-order valence-corrected chi connectivity index (χ1v) is 17.2. The van der Waals surface area contributed by atoms with Crippen molar-refractivity contribution >= 4 is 57.8 Å². The molecule has 4 N–H and O–H groups in total. The molecule has 3 amide bonds. The molecule has 4 aromatic rings. The SMILES string of the molecule is O=C(NC1CCC[C@H]2CC[C@@H](C(=O)N3CC(c4nc5ccccc5[nH]4)C3)N2C1=O)c1cc2cc(C(F)(F)P(=O)(O)O)ccc2s1. The van der Waals surface area contributed by atoms with Gasteiger partial charge in [0, 0.05) is 29.4 Å². The monoisotopic (exact) mass is 657 g/mol. The Balaban J connectivity index is 1.03. The highest BCUT2D eigenvalue weighted by atomic mass is 32.1. The molecular formula is C30H30F2N5O6PS. The molecule has 11 nitrogen and oxygen atoms in total. The first kappa shape index (κ1) is 30.0. The molecule has 0 spiro atoms. The number of thiophene rings is 1. The zero-order valence-electron chi connectivity index (χ0n) is 23.9. The lowest BCUT2D eigenvalue weighted by atomic mass is 9.97. The first-order valence-electron chi connectivity index (χ1n) is 14.7. The number of nitrogens with one attached hydrogen (secondary N) is 2. The lowest BCUT2D eigenvalue weighted by Crippen LogP contribution is -2.58. The van der Waals surface area contributed by atoms with Crippen LogP contribution in [0, 0.1) is 0 Å². The van der Waals surface area contributed by atoms with E-state index in [4.69, 9.17) is 9.79 Å². The average molecular weight is 658 g/mol. The van der Waals surface area contributed by atoms with E-state index in [1.807, 2.05) is 24.3 Å². The fourth-order valence-corrected chi connectivity index (χ4v) is 8.11. The number of aromatic nitrogens is 2. The number of rotatable bonds is 6. The number of carbonyl (C=O) groups excluding carboxylic acids is 3. The van der Waals surface area contributed by atoms with Gasteiger partial charge in [-0.2, -0.15) is 8.78 Å². The number of halogens is 2. The van der Waals surface area contributed by atoms with Crippen molar-refractivity contribution in [3.05, 3.63) is 64.8 Å². The van der Waals surface area contributed by atoms with Crippen LogP contribution in [0.4, 0.5) is 8.78 Å². The Bertz CT molecular complexity index is 1850. The molecule has 236 valence electrons. The molecular weight excluding hydrogens is 627 g/mol. The normalized spacial score (nSPS) is 22.8. The van der Waals surface area contributed by atoms with Crippen molar-refractivity contribution in [3.8, 4) is 0 Å². The summed E-state index contributed by atoms with van der Waals surface area (Å²) in [4.78, 5) is 70.4. The Labute approximate surface area is 259 Å². The van der Waals surface area contributed by atoms with Crippen LogP contribution in [0.3, 0.4) is 0 Å². The maximum Gasteiger partial charge on any atom is 0.399 e. The number of imidazole rings is 1. The molecule has 1 unspecified atom stereocenters. The number of carbonyl (C=O) groups is 3. The van der Waals surface area contributed by atoms with Crippen molar-refractivity contribution in [1.82, 2.24) is 25.1 Å². The predicted octanol–water partition coefficient (Wildman–Crippen LogP) is 4.27. The number of para-hydroxylation sites is 2. The van der Waals surface area contributed by atoms with Crippen LogP contribution in [-0.2, 0) is 19.8 Å². The summed E-state index contributed by atoms with van der Waals surface area (Å²) in [7, 11) is -5.75. The number of fused-ring (bicyclic) bond motifs is 3. The van der Waals surface area contributed by atoms with Crippen LogP contribution in [0.1, 0.15) is 59.1 Å². The van der Waals surface area contributed by atoms with Crippen molar-refractivity contribution in [2.75, 3.05) is 13.1 Å². The number of hydrogen-bond acceptors (Lipinski definition) is 6. The summed E-state index contributed by atoms with van der Waals surface area (Å²) in [6.07, 6.45) is 3.08. The summed E-state index contributed by atoms with van der Waals surface area (Å²) in [5, 5.41) is 3.02. The maximum absolute atomic E-state index is 14.2. The third kappa shape index (κ3) is 5.23. The summed E-state index contributed by atoms with van der Waals surface area (Å²) in [6.45, 7) is 1.02. The van der Waals surface area contributed by atoms with Gasteiger partial charge in [-0.3, -0.25) is 18.9 Å². The van der Waals surface area contributed by atoms with Crippen molar-refractivity contribution in [2.45, 2.75) is 61.8 Å². The predicted molar refractivity (Wildman–Crippen MR) is 162 cm³/mol. The summed E-state index contributed by atoms with van der Waals surface area (Å²) in [6, 6.07) is 10.7. The van der Waals surface area contributed by atoms with E-state index in [9.17, 15) is 27.7 Å². The number of alkyl halides is 2. The Hall–Kier alpha value is -3.71. The van der Waals surface area contributed by atoms with Gasteiger partial charge in [0.15, 0.2) is 0 Å². The molecule has 3 atom stereocenters. The minimum Gasteiger partial charge on any atom is -0.342 e. The summed E-state index contributed by atoms with van der Waals surface area (Å²) < 4.78 is 40.3. The second-order valence-corrected chi connectivity index (χ2v) is 14.7. The lowest BCUT2D eigenvalue weighted by Gasteiger charge is -2.41. The summed E-state index contributed by atoms with van der Waals surface area (Å²) in [5.74, 6) is -0.0369. The Morgan fingerprint density at radius 2 is 1.84 bits per heavy atom. The number of aromatic amines is 1. The van der Waals surface area contributed by atoms with Gasteiger partial charge in [0.1, 0.15) is 17.9 Å². The molecule has 3 fully saturated rings. The van der Waals surface area contributed by atoms with E-state index in [0.717, 1.165) is 46.7 Å². The Morgan fingerprint density at radius 1 is 1.07 bits per heavy atom. The number of benzene rings is 2. The highest BCUT2D eigenvalue weighted by molar-refractivity contribution is 7.52. The molecule has 15 heteroatoms. The second-order valence-electron chi connectivity index (χ2n) is 12.0. The molecule has 0 aliphatic carbocycles. The van der Waals surface area contributed by atoms with Gasteiger partial charge in [-0.25, -0.2) is 4.98 Å². The van der Waals surface area contributed by atoms with Gasteiger partial charge in [0.2, 0.25) is 11.8 Å². The molecule has 0 bridgehead atoms.